The number of rotatable bonds is 8. The number of thiophene rings is 1. The molecular formula is C93H69N3OS. The van der Waals surface area contributed by atoms with Crippen molar-refractivity contribution in [3.05, 3.63) is 331 Å². The molecule has 5 heteroatoms. The maximum absolute atomic E-state index is 10.2. The van der Waals surface area contributed by atoms with Gasteiger partial charge in [0.15, 0.2) is 0 Å². The lowest BCUT2D eigenvalue weighted by molar-refractivity contribution is 0.590. The van der Waals surface area contributed by atoms with Gasteiger partial charge in [0.05, 0.1) is 61.8 Å². The Labute approximate surface area is 586 Å². The lowest BCUT2D eigenvalue weighted by atomic mass is 9.73. The van der Waals surface area contributed by atoms with Gasteiger partial charge < -0.3 is 18.8 Å². The molecule has 4 nitrogen and oxygen atoms in total. The molecule has 0 amide bonds. The summed E-state index contributed by atoms with van der Waals surface area (Å²) in [6, 6.07) is 87.4. The number of para-hydroxylation sites is 3. The number of fused-ring (bicyclic) bond motifs is 13. The summed E-state index contributed by atoms with van der Waals surface area (Å²) in [7, 11) is 0. The van der Waals surface area contributed by atoms with E-state index in [4.69, 9.17) is 4.42 Å². The van der Waals surface area contributed by atoms with E-state index < -0.39 is 54.3 Å². The highest BCUT2D eigenvalue weighted by molar-refractivity contribution is 7.26. The summed E-state index contributed by atoms with van der Waals surface area (Å²) in [6.07, 6.45) is 0. The van der Waals surface area contributed by atoms with Crippen LogP contribution in [0.3, 0.4) is 0 Å². The van der Waals surface area contributed by atoms with E-state index in [-0.39, 0.29) is 32.6 Å². The Morgan fingerprint density at radius 1 is 0.367 bits per heavy atom. The predicted molar refractivity (Wildman–Crippen MR) is 416 cm³/mol. The minimum Gasteiger partial charge on any atom is -0.456 e. The molecule has 0 bridgehead atoms. The fourth-order valence-corrected chi connectivity index (χ4v) is 16.9. The van der Waals surface area contributed by atoms with E-state index in [2.05, 4.69) is 282 Å². The second-order valence-corrected chi connectivity index (χ2v) is 29.2. The third kappa shape index (κ3) is 8.95. The third-order valence-electron chi connectivity index (χ3n) is 20.3. The molecule has 0 radical (unpaired) electrons. The molecule has 468 valence electrons. The lowest BCUT2D eigenvalue weighted by Gasteiger charge is -2.47. The summed E-state index contributed by atoms with van der Waals surface area (Å²) >= 11 is 1.77. The zero-order chi connectivity index (χ0) is 72.7. The number of hydrogen-bond acceptors (Lipinski definition) is 4. The molecule has 0 spiro atoms. The first-order valence-corrected chi connectivity index (χ1v) is 34.4. The van der Waals surface area contributed by atoms with Crippen LogP contribution in [-0.2, 0) is 10.8 Å². The molecule has 17 aromatic rings. The van der Waals surface area contributed by atoms with E-state index >= 15 is 0 Å². The Kier molecular flexibility index (Phi) is 11.2. The first kappa shape index (κ1) is 50.0. The normalized spacial score (nSPS) is 14.8. The van der Waals surface area contributed by atoms with Crippen molar-refractivity contribution >= 4 is 109 Å². The van der Waals surface area contributed by atoms with Crippen molar-refractivity contribution in [2.75, 3.05) is 9.80 Å². The minimum atomic E-state index is -0.519. The summed E-state index contributed by atoms with van der Waals surface area (Å²) in [6.45, 7) is 13.5. The summed E-state index contributed by atoms with van der Waals surface area (Å²) in [4.78, 5) is 4.92. The summed E-state index contributed by atoms with van der Waals surface area (Å²) in [5, 5.41) is 4.01. The number of furan rings is 1. The van der Waals surface area contributed by atoms with Crippen LogP contribution >= 0.6 is 11.3 Å². The zero-order valence-corrected chi connectivity index (χ0v) is 55.8. The number of aromatic nitrogens is 1. The van der Waals surface area contributed by atoms with Gasteiger partial charge in [0, 0.05) is 75.5 Å². The van der Waals surface area contributed by atoms with Crippen LogP contribution in [0.2, 0.25) is 0 Å². The van der Waals surface area contributed by atoms with Crippen molar-refractivity contribution in [3.8, 4) is 61.3 Å². The van der Waals surface area contributed by atoms with Gasteiger partial charge >= 0.3 is 0 Å². The smallest absolute Gasteiger partial charge is 0.136 e. The molecule has 2 aliphatic heterocycles. The van der Waals surface area contributed by atoms with Gasteiger partial charge in [-0.25, -0.2) is 0 Å². The van der Waals surface area contributed by atoms with Crippen molar-refractivity contribution < 1.29 is 15.4 Å². The maximum atomic E-state index is 10.2. The third-order valence-corrected chi connectivity index (χ3v) is 21.4. The van der Waals surface area contributed by atoms with E-state index in [1.165, 1.54) is 5.56 Å². The highest BCUT2D eigenvalue weighted by atomic mass is 32.1. The van der Waals surface area contributed by atoms with Gasteiger partial charge in [0.25, 0.3) is 0 Å². The molecule has 0 saturated heterocycles. The SMILES string of the molecule is [2H]c1c([2H])c([2H])c2c(c1[2H])c1c([2H])c([2H])c([2H])c([2H])c1n2-c1cc2c3c(c1)N(c1c(-c4ccccc4)cc4sc5ccccc5c4c1-c1ccccc1)c1cc(C(C)(C)C)ccc1C3c1cc(-c3cccc(C(C)(C)C)c3)ccc1N2c1c(-c2ccccc2)cc2oc3ccccc3c2c1-c1ccccc1. The average molecular weight is 1280 g/mol. The maximum Gasteiger partial charge on any atom is 0.136 e. The lowest BCUT2D eigenvalue weighted by Crippen LogP contribution is -2.31. The second-order valence-electron chi connectivity index (χ2n) is 28.1. The van der Waals surface area contributed by atoms with Crippen LogP contribution in [0.4, 0.5) is 34.1 Å². The Morgan fingerprint density at radius 2 is 0.888 bits per heavy atom. The van der Waals surface area contributed by atoms with E-state index in [1.807, 2.05) is 24.3 Å². The summed E-state index contributed by atoms with van der Waals surface area (Å²) < 4.78 is 88.7. The van der Waals surface area contributed by atoms with E-state index in [0.29, 0.717) is 11.3 Å². The Balaban J connectivity index is 1.08. The van der Waals surface area contributed by atoms with Crippen molar-refractivity contribution in [1.82, 2.24) is 4.57 Å². The molecule has 3 aromatic heterocycles. The molecule has 0 fully saturated rings. The largest absolute Gasteiger partial charge is 0.456 e. The number of hydrogen-bond donors (Lipinski definition) is 0. The number of nitrogens with zero attached hydrogens (tertiary/aromatic N) is 3. The van der Waals surface area contributed by atoms with Crippen LogP contribution in [-0.4, -0.2) is 4.57 Å². The van der Waals surface area contributed by atoms with Crippen LogP contribution in [0.1, 0.15) is 86.2 Å². The fourth-order valence-electron chi connectivity index (χ4n) is 15.7. The topological polar surface area (TPSA) is 24.6 Å². The molecule has 1 atom stereocenters. The minimum absolute atomic E-state index is 0.0120. The first-order chi connectivity index (χ1) is 51.2. The van der Waals surface area contributed by atoms with E-state index in [0.717, 1.165) is 149 Å². The molecule has 0 saturated carbocycles. The van der Waals surface area contributed by atoms with Gasteiger partial charge in [-0.2, -0.15) is 0 Å². The van der Waals surface area contributed by atoms with E-state index in [9.17, 15) is 11.0 Å². The second kappa shape index (κ2) is 22.0. The standard InChI is InChI=1S/C93H69N3OS/c1-92(2,3)63-37-27-36-61(50-63)62-46-49-76-73(51-62)86-68-48-47-64(93(4,5)6)52-77(68)96(91-72(58-30-13-8-14-31-58)56-83-88(70-41-22-26-45-82(70)98-83)85(91)60-34-17-10-18-35-60)79-54-65(94-74-42-23-19-38-66(74)67-39-20-24-43-75(67)94)53-78(89(79)86)95(76)90-71(57-28-11-7-12-29-57)55-81-87(69-40-21-25-44-80(69)97-81)84(90)59-32-15-9-16-33-59/h7-56,86H,1-6H3/i19D,20D,23D,24D,38D,39D,42D,43D. The van der Waals surface area contributed by atoms with Gasteiger partial charge in [0.2, 0.25) is 0 Å². The van der Waals surface area contributed by atoms with Crippen molar-refractivity contribution in [2.24, 2.45) is 0 Å². The van der Waals surface area contributed by atoms with Crippen LogP contribution in [0.25, 0.3) is 125 Å². The van der Waals surface area contributed by atoms with Gasteiger partial charge in [-0.3, -0.25) is 0 Å². The van der Waals surface area contributed by atoms with Crippen molar-refractivity contribution in [2.45, 2.75) is 58.3 Å². The molecule has 1 unspecified atom stereocenters. The van der Waals surface area contributed by atoms with Gasteiger partial charge in [-0.1, -0.05) is 278 Å². The summed E-state index contributed by atoms with van der Waals surface area (Å²) in [5.41, 5.74) is 21.3. The molecule has 0 N–H and O–H groups in total. The van der Waals surface area contributed by atoms with Gasteiger partial charge in [-0.05, 0) is 133 Å². The molecule has 14 aromatic carbocycles. The zero-order valence-electron chi connectivity index (χ0n) is 63.0. The van der Waals surface area contributed by atoms with Crippen molar-refractivity contribution in [3.63, 3.8) is 0 Å². The molecule has 19 rings (SSSR count). The fraction of sp³-hybridized carbons (Fsp3) is 0.0968. The van der Waals surface area contributed by atoms with Crippen LogP contribution in [0.5, 0.6) is 0 Å². The van der Waals surface area contributed by atoms with E-state index in [1.54, 1.807) is 15.9 Å². The highest BCUT2D eigenvalue weighted by Gasteiger charge is 2.45. The predicted octanol–water partition coefficient (Wildman–Crippen LogP) is 26.7. The first-order valence-electron chi connectivity index (χ1n) is 37.6. The van der Waals surface area contributed by atoms with Gasteiger partial charge in [-0.15, -0.1) is 11.3 Å². The Hall–Kier alpha value is -11.5. The monoisotopic (exact) mass is 1280 g/mol. The molecular weight excluding hydrogens is 1210 g/mol. The Bertz CT molecular complexity index is 6510. The Morgan fingerprint density at radius 3 is 1.52 bits per heavy atom. The molecule has 0 aliphatic carbocycles. The quantitative estimate of drug-likeness (QED) is 0.152. The summed E-state index contributed by atoms with van der Waals surface area (Å²) in [5.74, 6) is -0.519. The molecule has 2 aliphatic rings. The molecule has 5 heterocycles. The van der Waals surface area contributed by atoms with Gasteiger partial charge in [0.1, 0.15) is 11.2 Å². The highest BCUT2D eigenvalue weighted by Crippen LogP contribution is 2.66. The average Bonchev–Trinajstić information content (AvgIpc) is 0.945. The van der Waals surface area contributed by atoms with Crippen LogP contribution in [0.15, 0.2) is 308 Å². The number of anilines is 6. The van der Waals surface area contributed by atoms with Crippen LogP contribution < -0.4 is 9.80 Å². The van der Waals surface area contributed by atoms with Crippen LogP contribution in [0, 0.1) is 0 Å². The van der Waals surface area contributed by atoms with Crippen molar-refractivity contribution in [1.29, 1.82) is 0 Å². The number of benzene rings is 14. The molecule has 98 heavy (non-hydrogen) atoms.